The fourth-order valence-electron chi connectivity index (χ4n) is 7.56. The molecule has 0 unspecified atom stereocenters. The van der Waals surface area contributed by atoms with Crippen molar-refractivity contribution in [1.29, 1.82) is 0 Å². The number of ether oxygens (including phenoxy) is 3. The molecular weight excluding hydrogens is 793 g/mol. The quantitative estimate of drug-likeness (QED) is 0.0262. The number of esters is 3. The molecule has 0 heterocycles. The van der Waals surface area contributed by atoms with E-state index in [4.69, 9.17) is 14.2 Å². The topological polar surface area (TPSA) is 78.9 Å². The molecule has 6 nitrogen and oxygen atoms in total. The highest BCUT2D eigenvalue weighted by molar-refractivity contribution is 5.71. The normalized spacial score (nSPS) is 12.5. The Bertz CT molecular complexity index is 1170. The van der Waals surface area contributed by atoms with Gasteiger partial charge in [-0.05, 0) is 109 Å². The van der Waals surface area contributed by atoms with E-state index in [2.05, 4.69) is 81.5 Å². The van der Waals surface area contributed by atoms with Crippen LogP contribution in [0.1, 0.15) is 271 Å². The predicted molar refractivity (Wildman–Crippen MR) is 275 cm³/mol. The van der Waals surface area contributed by atoms with Crippen LogP contribution in [0, 0.1) is 0 Å². The molecule has 0 aromatic heterocycles. The van der Waals surface area contributed by atoms with Crippen LogP contribution in [0.3, 0.4) is 0 Å². The molecular formula is C58H102O6. The maximum absolute atomic E-state index is 12.8. The molecule has 0 spiro atoms. The molecule has 0 aliphatic rings. The number of rotatable bonds is 49. The summed E-state index contributed by atoms with van der Waals surface area (Å²) in [6.07, 6.45) is 64.8. The van der Waals surface area contributed by atoms with Crippen molar-refractivity contribution in [2.24, 2.45) is 0 Å². The molecule has 0 saturated heterocycles. The highest BCUT2D eigenvalue weighted by Gasteiger charge is 2.19. The lowest BCUT2D eigenvalue weighted by molar-refractivity contribution is -0.167. The van der Waals surface area contributed by atoms with Crippen molar-refractivity contribution in [3.05, 3.63) is 60.8 Å². The van der Waals surface area contributed by atoms with E-state index in [1.54, 1.807) is 0 Å². The Morgan fingerprint density at radius 1 is 0.312 bits per heavy atom. The van der Waals surface area contributed by atoms with E-state index in [0.29, 0.717) is 19.3 Å². The summed E-state index contributed by atoms with van der Waals surface area (Å²) in [6, 6.07) is 0. The molecule has 0 saturated carbocycles. The number of carbonyl (C=O) groups excluding carboxylic acids is 3. The monoisotopic (exact) mass is 895 g/mol. The van der Waals surface area contributed by atoms with Crippen molar-refractivity contribution in [1.82, 2.24) is 0 Å². The van der Waals surface area contributed by atoms with Crippen molar-refractivity contribution in [2.45, 2.75) is 277 Å². The average molecular weight is 895 g/mol. The van der Waals surface area contributed by atoms with Gasteiger partial charge in [-0.15, -0.1) is 0 Å². The fourth-order valence-corrected chi connectivity index (χ4v) is 7.56. The van der Waals surface area contributed by atoms with Crippen LogP contribution in [-0.2, 0) is 28.6 Å². The van der Waals surface area contributed by atoms with E-state index in [1.165, 1.54) is 128 Å². The van der Waals surface area contributed by atoms with Gasteiger partial charge in [0.1, 0.15) is 13.2 Å². The third-order valence-corrected chi connectivity index (χ3v) is 11.7. The standard InChI is InChI=1S/C58H102O6/c1-4-7-10-13-16-19-22-25-28-29-31-33-36-39-42-45-48-51-57(60)63-54-55(53-62-56(59)50-47-44-41-38-35-32-27-24-21-18-15-12-9-6-3)64-58(61)52-49-46-43-40-37-34-30-26-23-20-17-14-11-8-5-2/h16,19,24-28,30-31,33,55H,4-15,17-18,20-23,29,32,34-54H2,1-3H3/b19-16-,27-24-,28-25-,30-26-,33-31-/t55-/m1/s1. The average Bonchev–Trinajstić information content (AvgIpc) is 3.29. The molecule has 0 bridgehead atoms. The zero-order chi connectivity index (χ0) is 46.5. The van der Waals surface area contributed by atoms with E-state index >= 15 is 0 Å². The Labute approximate surface area is 396 Å². The van der Waals surface area contributed by atoms with Crippen LogP contribution in [0.25, 0.3) is 0 Å². The minimum Gasteiger partial charge on any atom is -0.462 e. The summed E-state index contributed by atoms with van der Waals surface area (Å²) < 4.78 is 16.8. The Kier molecular flexibility index (Phi) is 50.4. The summed E-state index contributed by atoms with van der Waals surface area (Å²) in [5.41, 5.74) is 0. The molecule has 0 aromatic carbocycles. The first-order chi connectivity index (χ1) is 31.5. The Hall–Kier alpha value is -2.89. The van der Waals surface area contributed by atoms with Gasteiger partial charge in [-0.2, -0.15) is 0 Å². The van der Waals surface area contributed by atoms with Gasteiger partial charge in [0.05, 0.1) is 0 Å². The van der Waals surface area contributed by atoms with Gasteiger partial charge in [-0.1, -0.05) is 204 Å². The Morgan fingerprint density at radius 2 is 0.562 bits per heavy atom. The molecule has 0 aliphatic carbocycles. The summed E-state index contributed by atoms with van der Waals surface area (Å²) in [4.78, 5) is 38.0. The van der Waals surface area contributed by atoms with E-state index < -0.39 is 6.10 Å². The van der Waals surface area contributed by atoms with Crippen molar-refractivity contribution < 1.29 is 28.6 Å². The van der Waals surface area contributed by atoms with Gasteiger partial charge in [0.2, 0.25) is 0 Å². The minimum atomic E-state index is -0.790. The number of allylic oxidation sites excluding steroid dienone is 10. The van der Waals surface area contributed by atoms with Crippen LogP contribution in [0.15, 0.2) is 60.8 Å². The summed E-state index contributed by atoms with van der Waals surface area (Å²) in [5.74, 6) is -0.921. The van der Waals surface area contributed by atoms with Gasteiger partial charge >= 0.3 is 17.9 Å². The largest absolute Gasteiger partial charge is 0.462 e. The van der Waals surface area contributed by atoms with Crippen molar-refractivity contribution in [3.8, 4) is 0 Å². The van der Waals surface area contributed by atoms with Crippen LogP contribution in [-0.4, -0.2) is 37.2 Å². The minimum absolute atomic E-state index is 0.0886. The van der Waals surface area contributed by atoms with E-state index in [1.807, 2.05) is 0 Å². The molecule has 0 N–H and O–H groups in total. The molecule has 64 heavy (non-hydrogen) atoms. The van der Waals surface area contributed by atoms with Crippen LogP contribution in [0.5, 0.6) is 0 Å². The zero-order valence-corrected chi connectivity index (χ0v) is 42.3. The Balaban J connectivity index is 4.44. The lowest BCUT2D eigenvalue weighted by atomic mass is 10.1. The van der Waals surface area contributed by atoms with E-state index in [0.717, 1.165) is 103 Å². The van der Waals surface area contributed by atoms with Crippen molar-refractivity contribution >= 4 is 17.9 Å². The van der Waals surface area contributed by atoms with Crippen LogP contribution in [0.4, 0.5) is 0 Å². The van der Waals surface area contributed by atoms with Gasteiger partial charge in [0.15, 0.2) is 6.10 Å². The van der Waals surface area contributed by atoms with Gasteiger partial charge in [0.25, 0.3) is 0 Å². The first-order valence-corrected chi connectivity index (χ1v) is 27.3. The molecule has 0 rings (SSSR count). The number of hydrogen-bond donors (Lipinski definition) is 0. The lowest BCUT2D eigenvalue weighted by Gasteiger charge is -2.18. The molecule has 0 aromatic rings. The number of unbranched alkanes of at least 4 members (excludes halogenated alkanes) is 28. The van der Waals surface area contributed by atoms with Gasteiger partial charge in [0, 0.05) is 19.3 Å². The highest BCUT2D eigenvalue weighted by Crippen LogP contribution is 2.14. The molecule has 0 amide bonds. The fraction of sp³-hybridized carbons (Fsp3) is 0.776. The van der Waals surface area contributed by atoms with Gasteiger partial charge in [-0.3, -0.25) is 14.4 Å². The van der Waals surface area contributed by atoms with Crippen molar-refractivity contribution in [2.75, 3.05) is 13.2 Å². The molecule has 370 valence electrons. The predicted octanol–water partition coefficient (Wildman–Crippen LogP) is 18.0. The molecule has 1 atom stereocenters. The SMILES string of the molecule is CCCCC/C=C\C/C=C\C/C=C\CCCCCCC(=O)OC[C@@H](COC(=O)CCCCCCC/C=C\CCCCCCC)OC(=O)CCCCCCC/C=C\CCCCCCCC. The van der Waals surface area contributed by atoms with Crippen molar-refractivity contribution in [3.63, 3.8) is 0 Å². The second kappa shape index (κ2) is 52.7. The number of carbonyl (C=O) groups is 3. The van der Waals surface area contributed by atoms with Gasteiger partial charge < -0.3 is 14.2 Å². The van der Waals surface area contributed by atoms with Crippen LogP contribution >= 0.6 is 0 Å². The molecule has 0 aliphatic heterocycles. The molecule has 6 heteroatoms. The smallest absolute Gasteiger partial charge is 0.306 e. The number of hydrogen-bond acceptors (Lipinski definition) is 6. The lowest BCUT2D eigenvalue weighted by Crippen LogP contribution is -2.30. The maximum Gasteiger partial charge on any atom is 0.306 e. The third-order valence-electron chi connectivity index (χ3n) is 11.7. The maximum atomic E-state index is 12.8. The van der Waals surface area contributed by atoms with Gasteiger partial charge in [-0.25, -0.2) is 0 Å². The Morgan fingerprint density at radius 3 is 0.922 bits per heavy atom. The summed E-state index contributed by atoms with van der Waals surface area (Å²) in [7, 11) is 0. The first kappa shape index (κ1) is 61.1. The van der Waals surface area contributed by atoms with E-state index in [9.17, 15) is 14.4 Å². The zero-order valence-electron chi connectivity index (χ0n) is 42.3. The first-order valence-electron chi connectivity index (χ1n) is 27.3. The van der Waals surface area contributed by atoms with Crippen LogP contribution in [0.2, 0.25) is 0 Å². The summed E-state index contributed by atoms with van der Waals surface area (Å²) >= 11 is 0. The highest BCUT2D eigenvalue weighted by atomic mass is 16.6. The summed E-state index contributed by atoms with van der Waals surface area (Å²) in [5, 5.41) is 0. The molecule has 0 fully saturated rings. The summed E-state index contributed by atoms with van der Waals surface area (Å²) in [6.45, 7) is 6.57. The third kappa shape index (κ3) is 50.1. The molecule has 0 radical (unpaired) electrons. The second-order valence-electron chi connectivity index (χ2n) is 18.1. The van der Waals surface area contributed by atoms with Crippen LogP contribution < -0.4 is 0 Å². The second-order valence-corrected chi connectivity index (χ2v) is 18.1. The van der Waals surface area contributed by atoms with E-state index in [-0.39, 0.29) is 31.1 Å².